The van der Waals surface area contributed by atoms with Gasteiger partial charge in [0, 0.05) is 32.0 Å². The number of carbonyl (C=O) groups is 1. The van der Waals surface area contributed by atoms with Crippen LogP contribution in [0.5, 0.6) is 0 Å². The van der Waals surface area contributed by atoms with Crippen LogP contribution in [0.15, 0.2) is 27.4 Å². The van der Waals surface area contributed by atoms with E-state index < -0.39 is 5.76 Å². The van der Waals surface area contributed by atoms with Crippen LogP contribution in [0.25, 0.3) is 11.1 Å². The van der Waals surface area contributed by atoms with Gasteiger partial charge >= 0.3 is 5.76 Å². The molecule has 25 heavy (non-hydrogen) atoms. The molecule has 1 aliphatic rings. The highest BCUT2D eigenvalue weighted by Crippen LogP contribution is 2.19. The lowest BCUT2D eigenvalue weighted by Crippen LogP contribution is -2.50. The third-order valence-corrected chi connectivity index (χ3v) is 4.64. The standard InChI is InChI=1S/C18H25N3O4/c1-11(2)16(19-12-6-8-24-9-7-12)17(22)20-13-4-5-15-14(10-13)21(3)18(23)25-15/h4-5,10-12,16,19H,6-9H2,1-3H3,(H,20,22)/t16-/m1/s1. The number of nitrogens with zero attached hydrogens (tertiary/aromatic N) is 1. The molecule has 1 saturated heterocycles. The molecule has 1 atom stereocenters. The fourth-order valence-corrected chi connectivity index (χ4v) is 3.11. The van der Waals surface area contributed by atoms with Crippen LogP contribution in [0.3, 0.4) is 0 Å². The summed E-state index contributed by atoms with van der Waals surface area (Å²) >= 11 is 0. The van der Waals surface area contributed by atoms with Crippen LogP contribution in [-0.2, 0) is 16.6 Å². The highest BCUT2D eigenvalue weighted by Gasteiger charge is 2.26. The fourth-order valence-electron chi connectivity index (χ4n) is 3.11. The Morgan fingerprint density at radius 3 is 2.68 bits per heavy atom. The number of rotatable bonds is 5. The lowest BCUT2D eigenvalue weighted by atomic mass is 10.00. The van der Waals surface area contributed by atoms with Gasteiger partial charge in [-0.1, -0.05) is 13.8 Å². The molecule has 0 spiro atoms. The van der Waals surface area contributed by atoms with Crippen LogP contribution in [0.4, 0.5) is 5.69 Å². The summed E-state index contributed by atoms with van der Waals surface area (Å²) in [5.41, 5.74) is 1.81. The lowest BCUT2D eigenvalue weighted by molar-refractivity contribution is -0.119. The van der Waals surface area contributed by atoms with E-state index in [0.717, 1.165) is 26.1 Å². The molecule has 2 heterocycles. The van der Waals surface area contributed by atoms with Gasteiger partial charge in [-0.15, -0.1) is 0 Å². The minimum Gasteiger partial charge on any atom is -0.408 e. The van der Waals surface area contributed by atoms with E-state index in [-0.39, 0.29) is 17.9 Å². The first-order chi connectivity index (χ1) is 12.0. The Hall–Kier alpha value is -2.12. The molecule has 0 bridgehead atoms. The number of nitrogens with one attached hydrogen (secondary N) is 2. The maximum atomic E-state index is 12.8. The monoisotopic (exact) mass is 347 g/mol. The van der Waals surface area contributed by atoms with E-state index in [1.165, 1.54) is 4.57 Å². The zero-order valence-corrected chi connectivity index (χ0v) is 14.9. The second-order valence-corrected chi connectivity index (χ2v) is 6.87. The first kappa shape index (κ1) is 17.7. The molecular weight excluding hydrogens is 322 g/mol. The van der Waals surface area contributed by atoms with E-state index in [1.807, 2.05) is 13.8 Å². The summed E-state index contributed by atoms with van der Waals surface area (Å²) < 4.78 is 11.9. The van der Waals surface area contributed by atoms with Gasteiger partial charge in [0.2, 0.25) is 5.91 Å². The van der Waals surface area contributed by atoms with Crippen LogP contribution in [0, 0.1) is 5.92 Å². The first-order valence-electron chi connectivity index (χ1n) is 8.70. The average Bonchev–Trinajstić information content (AvgIpc) is 2.88. The molecule has 0 radical (unpaired) electrons. The molecule has 1 aromatic carbocycles. The Morgan fingerprint density at radius 2 is 2.00 bits per heavy atom. The number of benzene rings is 1. The van der Waals surface area contributed by atoms with Gasteiger partial charge in [-0.3, -0.25) is 9.36 Å². The molecule has 0 saturated carbocycles. The van der Waals surface area contributed by atoms with E-state index in [0.29, 0.717) is 22.8 Å². The van der Waals surface area contributed by atoms with E-state index in [4.69, 9.17) is 9.15 Å². The smallest absolute Gasteiger partial charge is 0.408 e. The second-order valence-electron chi connectivity index (χ2n) is 6.87. The minimum atomic E-state index is -0.417. The Morgan fingerprint density at radius 1 is 1.28 bits per heavy atom. The van der Waals surface area contributed by atoms with Crippen LogP contribution < -0.4 is 16.4 Å². The van der Waals surface area contributed by atoms with E-state index in [1.54, 1.807) is 25.2 Å². The topological polar surface area (TPSA) is 85.5 Å². The number of aryl methyl sites for hydroxylation is 1. The second kappa shape index (κ2) is 7.41. The third-order valence-electron chi connectivity index (χ3n) is 4.64. The van der Waals surface area contributed by atoms with Gasteiger partial charge in [-0.2, -0.15) is 0 Å². The summed E-state index contributed by atoms with van der Waals surface area (Å²) in [4.78, 5) is 24.3. The van der Waals surface area contributed by atoms with Crippen molar-refractivity contribution < 1.29 is 13.9 Å². The molecule has 2 aromatic rings. The summed E-state index contributed by atoms with van der Waals surface area (Å²) in [7, 11) is 1.64. The van der Waals surface area contributed by atoms with E-state index in [2.05, 4.69) is 10.6 Å². The number of ether oxygens (including phenoxy) is 1. The molecule has 1 aliphatic heterocycles. The van der Waals surface area contributed by atoms with Gasteiger partial charge in [0.15, 0.2) is 5.58 Å². The van der Waals surface area contributed by atoms with Crippen molar-refractivity contribution in [1.29, 1.82) is 0 Å². The van der Waals surface area contributed by atoms with Gasteiger partial charge in [0.05, 0.1) is 11.6 Å². The minimum absolute atomic E-state index is 0.0747. The van der Waals surface area contributed by atoms with Crippen LogP contribution in [0.2, 0.25) is 0 Å². The van der Waals surface area contributed by atoms with Crippen molar-refractivity contribution >= 4 is 22.7 Å². The highest BCUT2D eigenvalue weighted by molar-refractivity contribution is 5.96. The number of hydrogen-bond acceptors (Lipinski definition) is 5. The SMILES string of the molecule is CC(C)[C@@H](NC1CCOCC1)C(=O)Nc1ccc2oc(=O)n(C)c2c1. The Balaban J connectivity index is 1.74. The first-order valence-corrected chi connectivity index (χ1v) is 8.70. The van der Waals surface area contributed by atoms with Crippen molar-refractivity contribution in [3.05, 3.63) is 28.7 Å². The van der Waals surface area contributed by atoms with E-state index in [9.17, 15) is 9.59 Å². The Bertz CT molecular complexity index is 802. The van der Waals surface area contributed by atoms with E-state index >= 15 is 0 Å². The lowest BCUT2D eigenvalue weighted by Gasteiger charge is -2.30. The number of amides is 1. The zero-order valence-electron chi connectivity index (χ0n) is 14.9. The van der Waals surface area contributed by atoms with Gasteiger partial charge in [0.25, 0.3) is 0 Å². The fraction of sp³-hybridized carbons (Fsp3) is 0.556. The summed E-state index contributed by atoms with van der Waals surface area (Å²) in [5, 5.41) is 6.41. The van der Waals surface area contributed by atoms with Gasteiger partial charge in [-0.05, 0) is 37.0 Å². The number of aromatic nitrogens is 1. The average molecular weight is 347 g/mol. The molecule has 7 heteroatoms. The quantitative estimate of drug-likeness (QED) is 0.862. The molecule has 0 aliphatic carbocycles. The molecule has 1 amide bonds. The number of hydrogen-bond donors (Lipinski definition) is 2. The molecule has 0 unspecified atom stereocenters. The highest BCUT2D eigenvalue weighted by atomic mass is 16.5. The summed E-state index contributed by atoms with van der Waals surface area (Å²) in [6.45, 7) is 5.52. The van der Waals surface area contributed by atoms with Gasteiger partial charge in [0.1, 0.15) is 0 Å². The van der Waals surface area contributed by atoms with Crippen LogP contribution in [-0.4, -0.2) is 35.8 Å². The van der Waals surface area contributed by atoms with Crippen molar-refractivity contribution in [2.24, 2.45) is 13.0 Å². The number of oxazole rings is 1. The van der Waals surface area contributed by atoms with Crippen LogP contribution in [0.1, 0.15) is 26.7 Å². The summed E-state index contributed by atoms with van der Waals surface area (Å²) in [6.07, 6.45) is 1.83. The predicted molar refractivity (Wildman–Crippen MR) is 95.7 cm³/mol. The number of anilines is 1. The molecular formula is C18H25N3O4. The normalized spacial score (nSPS) is 17.1. The summed E-state index contributed by atoms with van der Waals surface area (Å²) in [5.74, 6) is -0.334. The zero-order chi connectivity index (χ0) is 18.0. The van der Waals surface area contributed by atoms with Crippen LogP contribution >= 0.6 is 0 Å². The molecule has 3 rings (SSSR count). The predicted octanol–water partition coefficient (Wildman–Crippen LogP) is 1.86. The van der Waals surface area contributed by atoms with Crippen molar-refractivity contribution in [3.63, 3.8) is 0 Å². The molecule has 1 fully saturated rings. The van der Waals surface area contributed by atoms with Crippen molar-refractivity contribution in [1.82, 2.24) is 9.88 Å². The largest absolute Gasteiger partial charge is 0.419 e. The van der Waals surface area contributed by atoms with Crippen molar-refractivity contribution in [2.45, 2.75) is 38.8 Å². The summed E-state index contributed by atoms with van der Waals surface area (Å²) in [6, 6.07) is 5.21. The molecule has 2 N–H and O–H groups in total. The maximum absolute atomic E-state index is 12.8. The van der Waals surface area contributed by atoms with Crippen molar-refractivity contribution in [3.8, 4) is 0 Å². The molecule has 1 aromatic heterocycles. The Kier molecular flexibility index (Phi) is 5.24. The van der Waals surface area contributed by atoms with Crippen molar-refractivity contribution in [2.75, 3.05) is 18.5 Å². The number of fused-ring (bicyclic) bond motifs is 1. The molecule has 7 nitrogen and oxygen atoms in total. The maximum Gasteiger partial charge on any atom is 0.419 e. The third kappa shape index (κ3) is 3.93. The number of carbonyl (C=O) groups excluding carboxylic acids is 1. The van der Waals surface area contributed by atoms with Gasteiger partial charge in [-0.25, -0.2) is 4.79 Å². The Labute approximate surface area is 146 Å². The molecule has 136 valence electrons. The van der Waals surface area contributed by atoms with Gasteiger partial charge < -0.3 is 19.8 Å².